The van der Waals surface area contributed by atoms with Gasteiger partial charge in [-0.3, -0.25) is 4.79 Å². The number of hydrogen-bond acceptors (Lipinski definition) is 2. The lowest BCUT2D eigenvalue weighted by Crippen LogP contribution is -2.26. The van der Waals surface area contributed by atoms with Crippen LogP contribution in [0, 0.1) is 5.92 Å². The largest absolute Gasteiger partial charge is 0.341 e. The minimum absolute atomic E-state index is 0.150. The average Bonchev–Trinajstić information content (AvgIpc) is 2.46. The first-order chi connectivity index (χ1) is 9.97. The number of benzene rings is 1. The van der Waals surface area contributed by atoms with Crippen LogP contribution >= 0.6 is 23.2 Å². The lowest BCUT2D eigenvalue weighted by molar-refractivity contribution is -0.130. The molecule has 1 rings (SSSR count). The van der Waals surface area contributed by atoms with Gasteiger partial charge in [0.25, 0.3) is 0 Å². The van der Waals surface area contributed by atoms with Crippen LogP contribution in [-0.4, -0.2) is 24.4 Å². The Labute approximate surface area is 137 Å². The van der Waals surface area contributed by atoms with Gasteiger partial charge in [-0.1, -0.05) is 42.6 Å². The third-order valence-corrected chi connectivity index (χ3v) is 4.49. The summed E-state index contributed by atoms with van der Waals surface area (Å²) in [5.41, 5.74) is 6.56. The molecule has 1 aromatic carbocycles. The Kier molecular flexibility index (Phi) is 8.09. The maximum absolute atomic E-state index is 12.2. The molecule has 0 aliphatic heterocycles. The molecule has 0 fully saturated rings. The van der Waals surface area contributed by atoms with Gasteiger partial charge >= 0.3 is 0 Å². The van der Waals surface area contributed by atoms with Gasteiger partial charge in [0.05, 0.1) is 10.0 Å². The topological polar surface area (TPSA) is 46.3 Å². The van der Waals surface area contributed by atoms with Crippen molar-refractivity contribution in [3.8, 4) is 0 Å². The maximum Gasteiger partial charge on any atom is 0.222 e. The smallest absolute Gasteiger partial charge is 0.222 e. The third-order valence-electron chi connectivity index (χ3n) is 3.75. The Morgan fingerprint density at radius 2 is 2.00 bits per heavy atom. The molecule has 5 heteroatoms. The Morgan fingerprint density at radius 3 is 2.57 bits per heavy atom. The average molecular weight is 331 g/mol. The Bertz CT molecular complexity index is 466. The minimum Gasteiger partial charge on any atom is -0.341 e. The Morgan fingerprint density at radius 1 is 1.29 bits per heavy atom. The van der Waals surface area contributed by atoms with Gasteiger partial charge in [-0.2, -0.15) is 0 Å². The number of amides is 1. The number of rotatable bonds is 8. The molecule has 0 aromatic heterocycles. The molecule has 0 aliphatic carbocycles. The van der Waals surface area contributed by atoms with Crippen LogP contribution in [0.15, 0.2) is 18.2 Å². The standard InChI is InChI=1S/C16H24Cl2N2O/c1-3-12(8-9-19)5-7-16(21)20(2)11-13-4-6-14(17)15(18)10-13/h4,6,10,12H,3,5,7-9,11,19H2,1-2H3. The zero-order chi connectivity index (χ0) is 15.8. The van der Waals surface area contributed by atoms with Crippen molar-refractivity contribution in [1.82, 2.24) is 4.90 Å². The second kappa shape index (κ2) is 9.29. The molecule has 0 radical (unpaired) electrons. The van der Waals surface area contributed by atoms with E-state index < -0.39 is 0 Å². The number of carbonyl (C=O) groups is 1. The highest BCUT2D eigenvalue weighted by Crippen LogP contribution is 2.23. The van der Waals surface area contributed by atoms with Crippen molar-refractivity contribution in [1.29, 1.82) is 0 Å². The van der Waals surface area contributed by atoms with Crippen LogP contribution in [0.1, 0.15) is 38.2 Å². The molecule has 1 unspecified atom stereocenters. The van der Waals surface area contributed by atoms with Crippen LogP contribution in [0.3, 0.4) is 0 Å². The van der Waals surface area contributed by atoms with Crippen molar-refractivity contribution in [3.05, 3.63) is 33.8 Å². The number of carbonyl (C=O) groups excluding carboxylic acids is 1. The highest BCUT2D eigenvalue weighted by molar-refractivity contribution is 6.42. The van der Waals surface area contributed by atoms with Crippen molar-refractivity contribution in [2.24, 2.45) is 11.7 Å². The quantitative estimate of drug-likeness (QED) is 0.779. The highest BCUT2D eigenvalue weighted by atomic mass is 35.5. The summed E-state index contributed by atoms with van der Waals surface area (Å²) in [4.78, 5) is 13.9. The van der Waals surface area contributed by atoms with E-state index in [2.05, 4.69) is 6.92 Å². The van der Waals surface area contributed by atoms with E-state index in [1.807, 2.05) is 13.1 Å². The van der Waals surface area contributed by atoms with Gasteiger partial charge in [0, 0.05) is 20.0 Å². The highest BCUT2D eigenvalue weighted by Gasteiger charge is 2.13. The molecule has 0 heterocycles. The molecule has 118 valence electrons. The van der Waals surface area contributed by atoms with Crippen molar-refractivity contribution in [2.75, 3.05) is 13.6 Å². The summed E-state index contributed by atoms with van der Waals surface area (Å²) in [6.45, 7) is 3.37. The first-order valence-corrected chi connectivity index (χ1v) is 8.11. The van der Waals surface area contributed by atoms with Gasteiger partial charge in [0.15, 0.2) is 0 Å². The predicted molar refractivity (Wildman–Crippen MR) is 89.6 cm³/mol. The van der Waals surface area contributed by atoms with E-state index in [1.165, 1.54) is 0 Å². The SMILES string of the molecule is CCC(CCN)CCC(=O)N(C)Cc1ccc(Cl)c(Cl)c1. The van der Waals surface area contributed by atoms with E-state index >= 15 is 0 Å². The maximum atomic E-state index is 12.2. The molecule has 1 amide bonds. The lowest BCUT2D eigenvalue weighted by Gasteiger charge is -2.19. The molecular weight excluding hydrogens is 307 g/mol. The Balaban J connectivity index is 2.48. The van der Waals surface area contributed by atoms with Crippen molar-refractivity contribution < 1.29 is 4.79 Å². The fourth-order valence-corrected chi connectivity index (χ4v) is 2.63. The number of hydrogen-bond donors (Lipinski definition) is 1. The van der Waals surface area contributed by atoms with Gasteiger partial charge in [0.2, 0.25) is 5.91 Å². The molecule has 0 aliphatic rings. The summed E-state index contributed by atoms with van der Waals surface area (Å²) in [7, 11) is 1.81. The minimum atomic E-state index is 0.150. The van der Waals surface area contributed by atoms with Gasteiger partial charge in [-0.05, 0) is 43.0 Å². The second-order valence-electron chi connectivity index (χ2n) is 5.39. The first kappa shape index (κ1) is 18.3. The predicted octanol–water partition coefficient (Wildman–Crippen LogP) is 4.11. The number of nitrogens with zero attached hydrogens (tertiary/aromatic N) is 1. The number of halogens is 2. The molecule has 2 N–H and O–H groups in total. The zero-order valence-electron chi connectivity index (χ0n) is 12.7. The fraction of sp³-hybridized carbons (Fsp3) is 0.562. The van der Waals surface area contributed by atoms with E-state index in [0.717, 1.165) is 24.8 Å². The molecule has 0 spiro atoms. The van der Waals surface area contributed by atoms with E-state index in [-0.39, 0.29) is 5.91 Å². The van der Waals surface area contributed by atoms with Crippen LogP contribution in [0.4, 0.5) is 0 Å². The summed E-state index contributed by atoms with van der Waals surface area (Å²) in [6.07, 6.45) is 3.52. The summed E-state index contributed by atoms with van der Waals surface area (Å²) >= 11 is 11.9. The monoisotopic (exact) mass is 330 g/mol. The Hall–Kier alpha value is -0.770. The summed E-state index contributed by atoms with van der Waals surface area (Å²) < 4.78 is 0. The first-order valence-electron chi connectivity index (χ1n) is 7.35. The van der Waals surface area contributed by atoms with Gasteiger partial charge in [-0.25, -0.2) is 0 Å². The molecule has 3 nitrogen and oxygen atoms in total. The molecule has 21 heavy (non-hydrogen) atoms. The summed E-state index contributed by atoms with van der Waals surface area (Å²) in [6, 6.07) is 5.45. The van der Waals surface area contributed by atoms with Crippen LogP contribution < -0.4 is 5.73 Å². The molecule has 1 aromatic rings. The summed E-state index contributed by atoms with van der Waals surface area (Å²) in [5.74, 6) is 0.689. The van der Waals surface area contributed by atoms with E-state index in [4.69, 9.17) is 28.9 Å². The third kappa shape index (κ3) is 6.25. The molecular formula is C16H24Cl2N2O. The van der Waals surface area contributed by atoms with E-state index in [9.17, 15) is 4.79 Å². The molecule has 1 atom stereocenters. The van der Waals surface area contributed by atoms with Crippen LogP contribution in [-0.2, 0) is 11.3 Å². The second-order valence-corrected chi connectivity index (χ2v) is 6.20. The number of nitrogens with two attached hydrogens (primary N) is 1. The fourth-order valence-electron chi connectivity index (χ4n) is 2.31. The van der Waals surface area contributed by atoms with Gasteiger partial charge in [0.1, 0.15) is 0 Å². The van der Waals surface area contributed by atoms with E-state index in [0.29, 0.717) is 35.5 Å². The molecule has 0 saturated heterocycles. The van der Waals surface area contributed by atoms with Crippen LogP contribution in [0.2, 0.25) is 10.0 Å². The van der Waals surface area contributed by atoms with Crippen molar-refractivity contribution in [2.45, 2.75) is 39.2 Å². The molecule has 0 bridgehead atoms. The zero-order valence-corrected chi connectivity index (χ0v) is 14.3. The molecule has 0 saturated carbocycles. The van der Waals surface area contributed by atoms with Gasteiger partial charge < -0.3 is 10.6 Å². The van der Waals surface area contributed by atoms with Crippen LogP contribution in [0.5, 0.6) is 0 Å². The van der Waals surface area contributed by atoms with Gasteiger partial charge in [-0.15, -0.1) is 0 Å². The summed E-state index contributed by atoms with van der Waals surface area (Å²) in [5, 5.41) is 1.05. The van der Waals surface area contributed by atoms with Crippen molar-refractivity contribution >= 4 is 29.1 Å². The lowest BCUT2D eigenvalue weighted by atomic mass is 9.96. The van der Waals surface area contributed by atoms with Crippen molar-refractivity contribution in [3.63, 3.8) is 0 Å². The van der Waals surface area contributed by atoms with Crippen LogP contribution in [0.25, 0.3) is 0 Å². The van der Waals surface area contributed by atoms with E-state index in [1.54, 1.807) is 17.0 Å². The normalized spacial score (nSPS) is 12.2.